The summed E-state index contributed by atoms with van der Waals surface area (Å²) in [5, 5.41) is 10.5. The molecule has 0 spiro atoms. The van der Waals surface area contributed by atoms with Gasteiger partial charge in [-0.25, -0.2) is 0 Å². The maximum Gasteiger partial charge on any atom is 0.267 e. The Morgan fingerprint density at radius 3 is 2.65 bits per heavy atom. The zero-order chi connectivity index (χ0) is 16.8. The molecule has 5 nitrogen and oxygen atoms in total. The third kappa shape index (κ3) is 4.56. The number of nitrogens with zero attached hydrogens (tertiary/aromatic N) is 1. The van der Waals surface area contributed by atoms with E-state index in [2.05, 4.69) is 24.3 Å². The van der Waals surface area contributed by atoms with Gasteiger partial charge in [0.15, 0.2) is 5.84 Å². The topological polar surface area (TPSA) is 76.7 Å². The predicted octanol–water partition coefficient (Wildman–Crippen LogP) is 3.54. The summed E-state index contributed by atoms with van der Waals surface area (Å²) in [4.78, 5) is 17.5. The van der Waals surface area contributed by atoms with Gasteiger partial charge in [-0.05, 0) is 35.9 Å². The van der Waals surface area contributed by atoms with Gasteiger partial charge in [0.05, 0.1) is 0 Å². The van der Waals surface area contributed by atoms with E-state index >= 15 is 0 Å². The Kier molecular flexibility index (Phi) is 5.76. The van der Waals surface area contributed by atoms with Gasteiger partial charge in [0, 0.05) is 16.6 Å². The highest BCUT2D eigenvalue weighted by Crippen LogP contribution is 2.23. The molecule has 1 heterocycles. The number of amidine groups is 1. The van der Waals surface area contributed by atoms with Crippen molar-refractivity contribution in [3.05, 3.63) is 52.2 Å². The van der Waals surface area contributed by atoms with Crippen molar-refractivity contribution >= 4 is 28.8 Å². The number of carbonyl (C=O) groups excluding carboxylic acids is 1. The SMILES string of the molecule is CC(O/N=C(\N)c1ccsc1)C(=O)Nc1ccccc1C(C)C. The first-order chi connectivity index (χ1) is 11.0. The van der Waals surface area contributed by atoms with Gasteiger partial charge in [-0.2, -0.15) is 11.3 Å². The molecular formula is C17H21N3O2S. The van der Waals surface area contributed by atoms with Gasteiger partial charge in [-0.1, -0.05) is 37.2 Å². The van der Waals surface area contributed by atoms with E-state index in [1.165, 1.54) is 11.3 Å². The smallest absolute Gasteiger partial charge is 0.267 e. The lowest BCUT2D eigenvalue weighted by Gasteiger charge is -2.15. The van der Waals surface area contributed by atoms with Crippen LogP contribution in [0, 0.1) is 0 Å². The lowest BCUT2D eigenvalue weighted by molar-refractivity contribution is -0.126. The normalized spacial score (nSPS) is 13.0. The summed E-state index contributed by atoms with van der Waals surface area (Å²) < 4.78 is 0. The van der Waals surface area contributed by atoms with Crippen molar-refractivity contribution in [3.63, 3.8) is 0 Å². The highest BCUT2D eigenvalue weighted by molar-refractivity contribution is 7.08. The first-order valence-electron chi connectivity index (χ1n) is 7.40. The van der Waals surface area contributed by atoms with Crippen LogP contribution < -0.4 is 11.1 Å². The van der Waals surface area contributed by atoms with Crippen LogP contribution in [0.2, 0.25) is 0 Å². The fourth-order valence-electron chi connectivity index (χ4n) is 2.00. The Morgan fingerprint density at radius 1 is 1.26 bits per heavy atom. The van der Waals surface area contributed by atoms with Crippen molar-refractivity contribution in [3.8, 4) is 0 Å². The van der Waals surface area contributed by atoms with Crippen molar-refractivity contribution < 1.29 is 9.63 Å². The van der Waals surface area contributed by atoms with E-state index < -0.39 is 6.10 Å². The van der Waals surface area contributed by atoms with Crippen LogP contribution in [-0.2, 0) is 9.63 Å². The first-order valence-corrected chi connectivity index (χ1v) is 8.35. The molecule has 0 bridgehead atoms. The highest BCUT2D eigenvalue weighted by Gasteiger charge is 2.17. The molecule has 0 aliphatic rings. The number of hydrogen-bond acceptors (Lipinski definition) is 4. The molecule has 1 atom stereocenters. The molecule has 0 fully saturated rings. The maximum absolute atomic E-state index is 12.2. The molecule has 6 heteroatoms. The number of nitrogens with two attached hydrogens (primary N) is 1. The third-order valence-corrected chi connectivity index (χ3v) is 4.02. The molecule has 0 saturated carbocycles. The Morgan fingerprint density at radius 2 is 2.00 bits per heavy atom. The lowest BCUT2D eigenvalue weighted by Crippen LogP contribution is -2.28. The molecule has 23 heavy (non-hydrogen) atoms. The average molecular weight is 331 g/mol. The van der Waals surface area contributed by atoms with Gasteiger partial charge >= 0.3 is 0 Å². The number of carbonyl (C=O) groups is 1. The van der Waals surface area contributed by atoms with Crippen LogP contribution in [-0.4, -0.2) is 17.8 Å². The van der Waals surface area contributed by atoms with Crippen LogP contribution in [0.15, 0.2) is 46.2 Å². The Bertz CT molecular complexity index is 681. The summed E-state index contributed by atoms with van der Waals surface area (Å²) in [7, 11) is 0. The summed E-state index contributed by atoms with van der Waals surface area (Å²) in [6.07, 6.45) is -0.743. The van der Waals surface area contributed by atoms with Gasteiger partial charge < -0.3 is 15.9 Å². The van der Waals surface area contributed by atoms with Crippen molar-refractivity contribution in [1.29, 1.82) is 0 Å². The van der Waals surface area contributed by atoms with E-state index in [1.54, 1.807) is 6.92 Å². The summed E-state index contributed by atoms with van der Waals surface area (Å²) in [6, 6.07) is 9.56. The van der Waals surface area contributed by atoms with E-state index in [9.17, 15) is 4.79 Å². The molecular weight excluding hydrogens is 310 g/mol. The molecule has 1 aromatic carbocycles. The molecule has 122 valence electrons. The monoisotopic (exact) mass is 331 g/mol. The van der Waals surface area contributed by atoms with Gasteiger partial charge in [0.25, 0.3) is 5.91 Å². The van der Waals surface area contributed by atoms with E-state index in [0.717, 1.165) is 16.8 Å². The molecule has 1 aromatic heterocycles. The van der Waals surface area contributed by atoms with Crippen LogP contribution in [0.3, 0.4) is 0 Å². The largest absolute Gasteiger partial charge is 0.381 e. The number of hydrogen-bond donors (Lipinski definition) is 2. The van der Waals surface area contributed by atoms with Crippen molar-refractivity contribution in [1.82, 2.24) is 0 Å². The summed E-state index contributed by atoms with van der Waals surface area (Å²) in [6.45, 7) is 5.80. The van der Waals surface area contributed by atoms with Gasteiger partial charge in [-0.15, -0.1) is 0 Å². The first kappa shape index (κ1) is 17.0. The molecule has 0 radical (unpaired) electrons. The van der Waals surface area contributed by atoms with Crippen LogP contribution in [0.1, 0.15) is 37.8 Å². The second-order valence-electron chi connectivity index (χ2n) is 5.47. The second-order valence-corrected chi connectivity index (χ2v) is 6.25. The van der Waals surface area contributed by atoms with Gasteiger partial charge in [-0.3, -0.25) is 4.79 Å². The molecule has 1 unspecified atom stereocenters. The predicted molar refractivity (Wildman–Crippen MR) is 94.8 cm³/mol. The fraction of sp³-hybridized carbons (Fsp3) is 0.294. The third-order valence-electron chi connectivity index (χ3n) is 3.34. The van der Waals surface area contributed by atoms with E-state index in [1.807, 2.05) is 41.1 Å². The number of para-hydroxylation sites is 1. The number of benzene rings is 1. The number of rotatable bonds is 6. The van der Waals surface area contributed by atoms with E-state index in [-0.39, 0.29) is 11.7 Å². The molecule has 3 N–H and O–H groups in total. The quantitative estimate of drug-likeness (QED) is 0.483. The molecule has 0 aliphatic heterocycles. The van der Waals surface area contributed by atoms with Crippen LogP contribution >= 0.6 is 11.3 Å². The van der Waals surface area contributed by atoms with Crippen LogP contribution in [0.4, 0.5) is 5.69 Å². The van der Waals surface area contributed by atoms with E-state index in [0.29, 0.717) is 5.92 Å². The Hall–Kier alpha value is -2.34. The molecule has 0 aliphatic carbocycles. The summed E-state index contributed by atoms with van der Waals surface area (Å²) in [5.41, 5.74) is 8.46. The lowest BCUT2D eigenvalue weighted by atomic mass is 10.0. The van der Waals surface area contributed by atoms with Crippen LogP contribution in [0.5, 0.6) is 0 Å². The van der Waals surface area contributed by atoms with Crippen LogP contribution in [0.25, 0.3) is 0 Å². The maximum atomic E-state index is 12.2. The Labute approximate surface area is 140 Å². The minimum atomic E-state index is -0.743. The molecule has 2 aromatic rings. The standard InChI is InChI=1S/C17H21N3O2S/c1-11(2)14-6-4-5-7-15(14)19-17(21)12(3)22-20-16(18)13-8-9-23-10-13/h4-12H,1-3H3,(H2,18,20)(H,19,21). The summed E-state index contributed by atoms with van der Waals surface area (Å²) in [5.74, 6) is 0.309. The number of anilines is 1. The van der Waals surface area contributed by atoms with Gasteiger partial charge in [0.2, 0.25) is 6.10 Å². The fourth-order valence-corrected chi connectivity index (χ4v) is 2.64. The zero-order valence-electron chi connectivity index (χ0n) is 13.4. The van der Waals surface area contributed by atoms with Crippen molar-refractivity contribution in [2.75, 3.05) is 5.32 Å². The second kappa shape index (κ2) is 7.78. The molecule has 1 amide bonds. The average Bonchev–Trinajstić information content (AvgIpc) is 3.07. The minimum Gasteiger partial charge on any atom is -0.381 e. The number of oxime groups is 1. The number of nitrogens with one attached hydrogen (secondary N) is 1. The highest BCUT2D eigenvalue weighted by atomic mass is 32.1. The van der Waals surface area contributed by atoms with E-state index in [4.69, 9.17) is 10.6 Å². The molecule has 0 saturated heterocycles. The molecule has 2 rings (SSSR count). The van der Waals surface area contributed by atoms with Crippen molar-refractivity contribution in [2.45, 2.75) is 32.8 Å². The Balaban J connectivity index is 1.99. The summed E-state index contributed by atoms with van der Waals surface area (Å²) >= 11 is 1.52. The minimum absolute atomic E-state index is 0.258. The van der Waals surface area contributed by atoms with Crippen molar-refractivity contribution in [2.24, 2.45) is 10.9 Å². The number of amides is 1. The van der Waals surface area contributed by atoms with Gasteiger partial charge in [0.1, 0.15) is 0 Å². The zero-order valence-corrected chi connectivity index (χ0v) is 14.3. The number of thiophene rings is 1.